The Balaban J connectivity index is 0. The van der Waals surface area contributed by atoms with E-state index in [2.05, 4.69) is 37.2 Å². The zero-order valence-corrected chi connectivity index (χ0v) is 8.82. The Kier molecular flexibility index (Phi) is 18.0. The third-order valence-corrected chi connectivity index (χ3v) is 0. The Morgan fingerprint density at radius 1 is 1.17 bits per heavy atom. The zero-order chi connectivity index (χ0) is 5.58. The Hall–Kier alpha value is 1.90. The first-order chi connectivity index (χ1) is 2.73. The van der Waals surface area contributed by atoms with Gasteiger partial charge in [0.2, 0.25) is 0 Å². The summed E-state index contributed by atoms with van der Waals surface area (Å²) >= 11 is 4.88. The molecule has 0 aromatic rings. The third-order valence-electron chi connectivity index (χ3n) is 0. The van der Waals surface area contributed by atoms with Crippen LogP contribution in [-0.2, 0) is 17.3 Å². The van der Waals surface area contributed by atoms with Crippen LogP contribution in [0.3, 0.4) is 0 Å². The van der Waals surface area contributed by atoms with Crippen molar-refractivity contribution in [1.29, 1.82) is 0 Å². The Morgan fingerprint density at radius 3 is 1.17 bits per heavy atom. The topological polar surface area (TPSA) is 0 Å². The average Bonchev–Trinajstić information content (AvgIpc) is 1.41. The molecule has 44 valence electrons. The zero-order valence-electron chi connectivity index (χ0n) is 4.18. The molecule has 0 N–H and O–H groups in total. The fourth-order valence-corrected chi connectivity index (χ4v) is 0. The van der Waals surface area contributed by atoms with Crippen LogP contribution in [0.5, 0.6) is 0 Å². The van der Waals surface area contributed by atoms with Gasteiger partial charge < -0.3 is 0 Å². The number of halogens is 1. The van der Waals surface area contributed by atoms with E-state index in [1.54, 1.807) is 0 Å². The van der Waals surface area contributed by atoms with Crippen LogP contribution < -0.4 is 0 Å². The normalized spacial score (nSPS) is 7.17. The van der Waals surface area contributed by atoms with E-state index in [0.717, 1.165) is 0 Å². The van der Waals surface area contributed by atoms with Gasteiger partial charge in [0, 0.05) is 20.0 Å². The molecule has 0 saturated heterocycles. The van der Waals surface area contributed by atoms with Crippen LogP contribution in [0.1, 0.15) is 0 Å². The molecule has 0 heterocycles. The summed E-state index contributed by atoms with van der Waals surface area (Å²) in [5.74, 6) is 0. The maximum absolute atomic E-state index is 2.92. The summed E-state index contributed by atoms with van der Waals surface area (Å²) < 4.78 is 0. The molecule has 0 spiro atoms. The molecule has 0 unspecified atom stereocenters. The SMILES string of the molecule is C[PH+](C)C.[Ag][I]. The molecule has 0 radical (unpaired) electrons. The fraction of sp³-hybridized carbons (Fsp3) is 1.00. The first kappa shape index (κ1) is 10.8. The van der Waals surface area contributed by atoms with Gasteiger partial charge >= 0.3 is 36.3 Å². The molecule has 3 heteroatoms. The van der Waals surface area contributed by atoms with Crippen LogP contribution in [0.15, 0.2) is 0 Å². The molecule has 0 fully saturated rings. The standard InChI is InChI=1S/C3H9P.Ag.HI/c1-4(2)3;;/h1-3H3;;1H/q;+1;. The van der Waals surface area contributed by atoms with Gasteiger partial charge in [-0.25, -0.2) is 0 Å². The van der Waals surface area contributed by atoms with Gasteiger partial charge in [0.1, 0.15) is 0 Å². The molecule has 0 rings (SSSR count). The molecule has 0 atom stereocenters. The predicted octanol–water partition coefficient (Wildman–Crippen LogP) is 1.97. The Morgan fingerprint density at radius 2 is 1.17 bits per heavy atom. The van der Waals surface area contributed by atoms with E-state index < -0.39 is 0 Å². The molecule has 0 bridgehead atoms. The van der Waals surface area contributed by atoms with Gasteiger partial charge in [0.15, 0.2) is 0 Å². The van der Waals surface area contributed by atoms with Gasteiger partial charge in [-0.1, -0.05) is 0 Å². The van der Waals surface area contributed by atoms with Crippen molar-refractivity contribution in [3.05, 3.63) is 0 Å². The van der Waals surface area contributed by atoms with Gasteiger partial charge in [-0.2, -0.15) is 0 Å². The second-order valence-electron chi connectivity index (χ2n) is 1.50. The molecule has 0 aliphatic carbocycles. The van der Waals surface area contributed by atoms with Crippen molar-refractivity contribution in [3.8, 4) is 0 Å². The average molecular weight is 312 g/mol. The van der Waals surface area contributed by atoms with Crippen molar-refractivity contribution in [3.63, 3.8) is 0 Å². The first-order valence-electron chi connectivity index (χ1n) is 1.61. The number of rotatable bonds is 0. The molecule has 0 aliphatic rings. The molecular weight excluding hydrogens is 302 g/mol. The Labute approximate surface area is 63.7 Å². The maximum atomic E-state index is 2.92. The van der Waals surface area contributed by atoms with E-state index >= 15 is 0 Å². The summed E-state index contributed by atoms with van der Waals surface area (Å²) in [6.07, 6.45) is 0. The van der Waals surface area contributed by atoms with Crippen molar-refractivity contribution < 1.29 is 17.3 Å². The van der Waals surface area contributed by atoms with E-state index in [0.29, 0.717) is 0 Å². The van der Waals surface area contributed by atoms with Gasteiger partial charge in [-0.05, 0) is 7.92 Å². The number of hydrogen-bond donors (Lipinski definition) is 0. The summed E-state index contributed by atoms with van der Waals surface area (Å²) in [5, 5.41) is 0. The van der Waals surface area contributed by atoms with E-state index in [4.69, 9.17) is 0 Å². The molecule has 0 aromatic carbocycles. The van der Waals surface area contributed by atoms with Crippen molar-refractivity contribution in [2.45, 2.75) is 0 Å². The number of hydrogen-bond acceptors (Lipinski definition) is 0. The molecule has 0 saturated carbocycles. The van der Waals surface area contributed by atoms with Crippen LogP contribution in [0.2, 0.25) is 0 Å². The molecular formula is C3H10AgIP+. The second-order valence-corrected chi connectivity index (χ2v) is 4.50. The predicted molar refractivity (Wildman–Crippen MR) is 40.1 cm³/mol. The minimum atomic E-state index is 0.120. The van der Waals surface area contributed by atoms with Crippen molar-refractivity contribution in [1.82, 2.24) is 0 Å². The summed E-state index contributed by atoms with van der Waals surface area (Å²) in [6, 6.07) is 0. The fourth-order valence-electron chi connectivity index (χ4n) is 0. The quantitative estimate of drug-likeness (QED) is 0.364. The van der Waals surface area contributed by atoms with Crippen LogP contribution in [0.4, 0.5) is 0 Å². The molecule has 0 nitrogen and oxygen atoms in total. The molecule has 0 aliphatic heterocycles. The van der Waals surface area contributed by atoms with E-state index in [-0.39, 0.29) is 7.92 Å². The minimum absolute atomic E-state index is 0.120. The van der Waals surface area contributed by atoms with Crippen molar-refractivity contribution in [2.75, 3.05) is 20.0 Å². The van der Waals surface area contributed by atoms with Crippen LogP contribution >= 0.6 is 26.9 Å². The third kappa shape index (κ3) is 39.2. The monoisotopic (exact) mass is 311 g/mol. The molecule has 6 heavy (non-hydrogen) atoms. The van der Waals surface area contributed by atoms with E-state index in [1.165, 1.54) is 0 Å². The van der Waals surface area contributed by atoms with Gasteiger partial charge in [0.05, 0.1) is 0 Å². The Bertz CT molecular complexity index is 15.5. The molecule has 0 amide bonds. The van der Waals surface area contributed by atoms with Gasteiger partial charge in [-0.3, -0.25) is 0 Å². The second kappa shape index (κ2) is 10.0. The van der Waals surface area contributed by atoms with Crippen LogP contribution in [0, 0.1) is 0 Å². The van der Waals surface area contributed by atoms with E-state index in [9.17, 15) is 0 Å². The summed E-state index contributed by atoms with van der Waals surface area (Å²) in [7, 11) is 0.120. The van der Waals surface area contributed by atoms with Crippen molar-refractivity contribution in [2.24, 2.45) is 0 Å². The van der Waals surface area contributed by atoms with Crippen LogP contribution in [0.25, 0.3) is 0 Å². The summed E-state index contributed by atoms with van der Waals surface area (Å²) in [5.41, 5.74) is 0. The summed E-state index contributed by atoms with van der Waals surface area (Å²) in [6.45, 7) is 6.81. The van der Waals surface area contributed by atoms with Gasteiger partial charge in [0.25, 0.3) is 0 Å². The van der Waals surface area contributed by atoms with E-state index in [1.807, 2.05) is 19.0 Å². The van der Waals surface area contributed by atoms with Gasteiger partial charge in [-0.15, -0.1) is 0 Å². The first-order valence-corrected chi connectivity index (χ1v) is 9.02. The van der Waals surface area contributed by atoms with Crippen molar-refractivity contribution >= 4 is 26.9 Å². The molecule has 0 aromatic heterocycles. The summed E-state index contributed by atoms with van der Waals surface area (Å²) in [4.78, 5) is 0. The van der Waals surface area contributed by atoms with Crippen LogP contribution in [-0.4, -0.2) is 20.0 Å².